The van der Waals surface area contributed by atoms with E-state index in [1.807, 2.05) is 32.6 Å². The average Bonchev–Trinajstić information content (AvgIpc) is 3.13. The molecule has 0 saturated carbocycles. The number of nitrogens with zero attached hydrogens (tertiary/aromatic N) is 5. The zero-order valence-electron chi connectivity index (χ0n) is 17.9. The molecule has 0 spiro atoms. The van der Waals surface area contributed by atoms with Crippen molar-refractivity contribution in [3.05, 3.63) is 64.0 Å². The predicted molar refractivity (Wildman–Crippen MR) is 117 cm³/mol. The zero-order chi connectivity index (χ0) is 21.1. The van der Waals surface area contributed by atoms with E-state index in [-0.39, 0.29) is 11.4 Å². The highest BCUT2D eigenvalue weighted by molar-refractivity contribution is 5.79. The molecule has 1 aliphatic rings. The Kier molecular flexibility index (Phi) is 6.29. The van der Waals surface area contributed by atoms with E-state index in [4.69, 9.17) is 0 Å². The lowest BCUT2D eigenvalue weighted by Crippen LogP contribution is -2.36. The van der Waals surface area contributed by atoms with Crippen molar-refractivity contribution >= 4 is 10.9 Å². The van der Waals surface area contributed by atoms with Crippen molar-refractivity contribution in [3.8, 4) is 0 Å². The molecule has 0 unspecified atom stereocenters. The summed E-state index contributed by atoms with van der Waals surface area (Å²) >= 11 is 0. The van der Waals surface area contributed by atoms with E-state index in [1.54, 1.807) is 15.3 Å². The summed E-state index contributed by atoms with van der Waals surface area (Å²) in [6.07, 6.45) is 7.53. The molecule has 0 bridgehead atoms. The second-order valence-electron chi connectivity index (χ2n) is 8.43. The molecule has 1 fully saturated rings. The number of benzene rings is 1. The summed E-state index contributed by atoms with van der Waals surface area (Å²) in [6, 6.07) is 6.63. The number of hydrogen-bond donors (Lipinski definition) is 0. The van der Waals surface area contributed by atoms with Gasteiger partial charge in [0.25, 0.3) is 5.56 Å². The Morgan fingerprint density at radius 1 is 1.10 bits per heavy atom. The Hall–Kier alpha value is -2.51. The molecule has 1 saturated heterocycles. The molecule has 30 heavy (non-hydrogen) atoms. The van der Waals surface area contributed by atoms with Gasteiger partial charge < -0.3 is 9.47 Å². The monoisotopic (exact) mass is 411 g/mol. The Morgan fingerprint density at radius 2 is 1.90 bits per heavy atom. The molecule has 1 aliphatic heterocycles. The molecule has 0 atom stereocenters. The van der Waals surface area contributed by atoms with E-state index >= 15 is 0 Å². The maximum atomic E-state index is 14.0. The molecule has 6 nitrogen and oxygen atoms in total. The van der Waals surface area contributed by atoms with E-state index in [0.29, 0.717) is 25.2 Å². The molecular formula is C23H30FN5O. The summed E-state index contributed by atoms with van der Waals surface area (Å²) in [5, 5.41) is 5.11. The van der Waals surface area contributed by atoms with Gasteiger partial charge in [-0.1, -0.05) is 6.42 Å². The van der Waals surface area contributed by atoms with Crippen LogP contribution >= 0.6 is 0 Å². The minimum atomic E-state index is -0.310. The van der Waals surface area contributed by atoms with Crippen LogP contribution in [0.15, 0.2) is 41.5 Å². The van der Waals surface area contributed by atoms with Crippen molar-refractivity contribution in [1.29, 1.82) is 0 Å². The van der Waals surface area contributed by atoms with Crippen LogP contribution in [0.3, 0.4) is 0 Å². The lowest BCUT2D eigenvalue weighted by molar-refractivity contribution is 0.220. The van der Waals surface area contributed by atoms with E-state index < -0.39 is 0 Å². The number of fused-ring (bicyclic) bond motifs is 1. The molecule has 4 rings (SSSR count). The Bertz CT molecular complexity index is 1070. The fourth-order valence-electron chi connectivity index (χ4n) is 4.38. The van der Waals surface area contributed by atoms with E-state index in [2.05, 4.69) is 14.9 Å². The lowest BCUT2D eigenvalue weighted by atomic mass is 10.1. The van der Waals surface area contributed by atoms with Gasteiger partial charge in [0.1, 0.15) is 5.82 Å². The summed E-state index contributed by atoms with van der Waals surface area (Å²) < 4.78 is 17.5. The van der Waals surface area contributed by atoms with Crippen molar-refractivity contribution in [2.75, 3.05) is 26.7 Å². The number of rotatable bonds is 7. The van der Waals surface area contributed by atoms with Crippen LogP contribution in [0, 0.1) is 5.82 Å². The van der Waals surface area contributed by atoms with Gasteiger partial charge in [0.05, 0.1) is 11.7 Å². The van der Waals surface area contributed by atoms with Gasteiger partial charge in [-0.05, 0) is 62.6 Å². The lowest BCUT2D eigenvalue weighted by Gasteiger charge is -2.27. The first-order valence-electron chi connectivity index (χ1n) is 10.7. The van der Waals surface area contributed by atoms with Crippen molar-refractivity contribution in [1.82, 2.24) is 24.1 Å². The maximum absolute atomic E-state index is 14.0. The van der Waals surface area contributed by atoms with Gasteiger partial charge in [0.15, 0.2) is 0 Å². The van der Waals surface area contributed by atoms with Gasteiger partial charge in [-0.25, -0.2) is 4.39 Å². The molecule has 3 aromatic rings. The third-order valence-electron chi connectivity index (χ3n) is 5.87. The smallest absolute Gasteiger partial charge is 0.255 e. The number of halogens is 1. The summed E-state index contributed by atoms with van der Waals surface area (Å²) in [5.74, 6) is -0.310. The molecule has 7 heteroatoms. The predicted octanol–water partition coefficient (Wildman–Crippen LogP) is 2.99. The van der Waals surface area contributed by atoms with Gasteiger partial charge in [0, 0.05) is 50.6 Å². The first-order valence-corrected chi connectivity index (χ1v) is 10.7. The summed E-state index contributed by atoms with van der Waals surface area (Å²) in [4.78, 5) is 17.9. The molecule has 1 aromatic carbocycles. The molecule has 0 radical (unpaired) electrons. The van der Waals surface area contributed by atoms with Crippen molar-refractivity contribution in [2.45, 2.75) is 38.9 Å². The third-order valence-corrected chi connectivity index (χ3v) is 5.87. The minimum absolute atomic E-state index is 0.0249. The highest BCUT2D eigenvalue weighted by Crippen LogP contribution is 2.17. The van der Waals surface area contributed by atoms with Gasteiger partial charge in [-0.3, -0.25) is 14.4 Å². The van der Waals surface area contributed by atoms with E-state index in [1.165, 1.54) is 31.4 Å². The number of piperidine rings is 1. The van der Waals surface area contributed by atoms with Crippen molar-refractivity contribution in [2.24, 2.45) is 7.05 Å². The van der Waals surface area contributed by atoms with Crippen LogP contribution in [-0.4, -0.2) is 50.8 Å². The highest BCUT2D eigenvalue weighted by atomic mass is 19.1. The van der Waals surface area contributed by atoms with Gasteiger partial charge in [-0.2, -0.15) is 5.10 Å². The van der Waals surface area contributed by atoms with Crippen LogP contribution in [0.1, 0.15) is 30.4 Å². The number of aryl methyl sites for hydroxylation is 1. The molecule has 0 amide bonds. The van der Waals surface area contributed by atoms with Crippen LogP contribution in [0.2, 0.25) is 0 Å². The van der Waals surface area contributed by atoms with E-state index in [0.717, 1.165) is 36.1 Å². The minimum Gasteiger partial charge on any atom is -0.307 e. The second-order valence-corrected chi connectivity index (χ2v) is 8.43. The average molecular weight is 412 g/mol. The first kappa shape index (κ1) is 20.8. The number of aromatic nitrogens is 3. The number of pyridine rings is 1. The van der Waals surface area contributed by atoms with Crippen LogP contribution in [0.4, 0.5) is 4.39 Å². The fourth-order valence-corrected chi connectivity index (χ4v) is 4.38. The zero-order valence-corrected chi connectivity index (χ0v) is 17.9. The van der Waals surface area contributed by atoms with Crippen molar-refractivity contribution < 1.29 is 4.39 Å². The molecule has 160 valence electrons. The molecule has 3 heterocycles. The van der Waals surface area contributed by atoms with Gasteiger partial charge >= 0.3 is 0 Å². The molecule has 0 aliphatic carbocycles. The Labute approximate surface area is 176 Å². The highest BCUT2D eigenvalue weighted by Gasteiger charge is 2.15. The standard InChI is InChI=1S/C23H30FN5O/c1-26(15-18-14-25-27(2)16-18)17-20-12-19-6-7-21(24)13-22(19)29(23(20)30)11-10-28-8-4-3-5-9-28/h6-7,12-14,16H,3-5,8-11,15,17H2,1-2H3. The third kappa shape index (κ3) is 4.79. The topological polar surface area (TPSA) is 46.3 Å². The maximum Gasteiger partial charge on any atom is 0.255 e. The number of hydrogen-bond acceptors (Lipinski definition) is 4. The van der Waals surface area contributed by atoms with Crippen molar-refractivity contribution in [3.63, 3.8) is 0 Å². The largest absolute Gasteiger partial charge is 0.307 e. The normalized spacial score (nSPS) is 15.3. The second kappa shape index (κ2) is 9.10. The molecular weight excluding hydrogens is 381 g/mol. The van der Waals surface area contributed by atoms with Crippen LogP contribution in [0.25, 0.3) is 10.9 Å². The summed E-state index contributed by atoms with van der Waals surface area (Å²) in [6.45, 7) is 4.80. The van der Waals surface area contributed by atoms with Crippen LogP contribution < -0.4 is 5.56 Å². The summed E-state index contributed by atoms with van der Waals surface area (Å²) in [5.41, 5.74) is 2.49. The van der Waals surface area contributed by atoms with E-state index in [9.17, 15) is 9.18 Å². The Morgan fingerprint density at radius 3 is 2.63 bits per heavy atom. The van der Waals surface area contributed by atoms with Gasteiger partial charge in [0.2, 0.25) is 0 Å². The fraction of sp³-hybridized carbons (Fsp3) is 0.478. The number of likely N-dealkylation sites (tertiary alicyclic amines) is 1. The first-order chi connectivity index (χ1) is 14.5. The quantitative estimate of drug-likeness (QED) is 0.600. The van der Waals surface area contributed by atoms with Crippen LogP contribution in [-0.2, 0) is 26.7 Å². The van der Waals surface area contributed by atoms with Crippen LogP contribution in [0.5, 0.6) is 0 Å². The van der Waals surface area contributed by atoms with Gasteiger partial charge in [-0.15, -0.1) is 0 Å². The molecule has 2 aromatic heterocycles. The molecule has 0 N–H and O–H groups in total. The SMILES string of the molecule is CN(Cc1cnn(C)c1)Cc1cc2ccc(F)cc2n(CCN2CCCCC2)c1=O. The Balaban J connectivity index is 1.60. The summed E-state index contributed by atoms with van der Waals surface area (Å²) in [7, 11) is 3.90.